The summed E-state index contributed by atoms with van der Waals surface area (Å²) in [4.78, 5) is 39.1. The summed E-state index contributed by atoms with van der Waals surface area (Å²) in [6.07, 6.45) is 0. The number of aryl methyl sites for hydroxylation is 2. The van der Waals surface area contributed by atoms with Crippen LogP contribution in [-0.2, 0) is 9.59 Å². The third kappa shape index (κ3) is 4.52. The number of amides is 3. The molecule has 3 N–H and O–H groups in total. The van der Waals surface area contributed by atoms with Crippen LogP contribution in [0.15, 0.2) is 60.7 Å². The van der Waals surface area contributed by atoms with Gasteiger partial charge in [-0.15, -0.1) is 0 Å². The van der Waals surface area contributed by atoms with Crippen LogP contribution in [0, 0.1) is 13.8 Å². The van der Waals surface area contributed by atoms with Crippen LogP contribution in [0.1, 0.15) is 21.6 Å². The lowest BCUT2D eigenvalue weighted by Crippen LogP contribution is -2.36. The van der Waals surface area contributed by atoms with Crippen LogP contribution in [0.3, 0.4) is 0 Å². The van der Waals surface area contributed by atoms with Gasteiger partial charge in [0.2, 0.25) is 6.79 Å². The number of aromatic nitrogens is 1. The summed E-state index contributed by atoms with van der Waals surface area (Å²) in [6.45, 7) is 3.87. The first-order chi connectivity index (χ1) is 17.9. The molecule has 37 heavy (non-hydrogen) atoms. The molecule has 3 aromatic carbocycles. The number of hydrogen-bond donors (Lipinski definition) is 3. The highest BCUT2D eigenvalue weighted by Gasteiger charge is 2.24. The van der Waals surface area contributed by atoms with Crippen LogP contribution in [-0.4, -0.2) is 36.3 Å². The number of para-hydroxylation sites is 2. The quantitative estimate of drug-likeness (QED) is 0.357. The fourth-order valence-electron chi connectivity index (χ4n) is 4.18. The van der Waals surface area contributed by atoms with E-state index in [9.17, 15) is 14.4 Å². The van der Waals surface area contributed by atoms with Crippen molar-refractivity contribution in [3.63, 3.8) is 0 Å². The van der Waals surface area contributed by atoms with Gasteiger partial charge in [-0.25, -0.2) is 4.68 Å². The van der Waals surface area contributed by atoms with Crippen LogP contribution in [0.4, 0.5) is 11.4 Å². The van der Waals surface area contributed by atoms with Crippen molar-refractivity contribution in [3.05, 3.63) is 77.5 Å². The average molecular weight is 501 g/mol. The van der Waals surface area contributed by atoms with Gasteiger partial charge in [0.25, 0.3) is 5.91 Å². The van der Waals surface area contributed by atoms with Crippen molar-refractivity contribution in [1.29, 1.82) is 0 Å². The van der Waals surface area contributed by atoms with E-state index in [1.165, 1.54) is 11.8 Å². The standard InChI is InChI=1S/C27H24N4O6/c1-15-6-4-7-16(2)23(15)29-25(32)19-12-17-8-5-9-21(35-3)24(17)31(19)30-27(34)26(33)28-18-10-11-20-22(13-18)37-14-36-20/h4-13H,14H2,1-3H3,(H,28,33)(H,29,32)(H,30,34). The minimum Gasteiger partial charge on any atom is -0.494 e. The molecule has 0 aliphatic carbocycles. The largest absolute Gasteiger partial charge is 0.494 e. The third-order valence-electron chi connectivity index (χ3n) is 6.01. The van der Waals surface area contributed by atoms with Crippen LogP contribution in [0.2, 0.25) is 0 Å². The van der Waals surface area contributed by atoms with Gasteiger partial charge in [-0.3, -0.25) is 19.8 Å². The van der Waals surface area contributed by atoms with Crippen molar-refractivity contribution >= 4 is 40.0 Å². The molecule has 2 heterocycles. The predicted octanol–water partition coefficient (Wildman–Crippen LogP) is 3.96. The smallest absolute Gasteiger partial charge is 0.328 e. The Hall–Kier alpha value is -4.99. The molecule has 1 aromatic heterocycles. The number of ether oxygens (including phenoxy) is 3. The molecule has 0 atom stereocenters. The molecular weight excluding hydrogens is 476 g/mol. The first-order valence-corrected chi connectivity index (χ1v) is 11.4. The van der Waals surface area contributed by atoms with Gasteiger partial charge in [-0.05, 0) is 49.2 Å². The van der Waals surface area contributed by atoms with E-state index in [1.807, 2.05) is 32.0 Å². The molecule has 0 spiro atoms. The molecule has 4 aromatic rings. The molecule has 10 nitrogen and oxygen atoms in total. The number of nitrogens with zero attached hydrogens (tertiary/aromatic N) is 1. The van der Waals surface area contributed by atoms with Crippen molar-refractivity contribution < 1.29 is 28.6 Å². The first-order valence-electron chi connectivity index (χ1n) is 11.4. The Morgan fingerprint density at radius 3 is 2.35 bits per heavy atom. The Bertz CT molecular complexity index is 1540. The van der Waals surface area contributed by atoms with E-state index in [2.05, 4.69) is 16.1 Å². The van der Waals surface area contributed by atoms with Gasteiger partial charge >= 0.3 is 11.8 Å². The fraction of sp³-hybridized carbons (Fsp3) is 0.148. The van der Waals surface area contributed by atoms with Crippen LogP contribution in [0.25, 0.3) is 10.9 Å². The van der Waals surface area contributed by atoms with Crippen molar-refractivity contribution in [2.75, 3.05) is 30.0 Å². The zero-order valence-corrected chi connectivity index (χ0v) is 20.4. The summed E-state index contributed by atoms with van der Waals surface area (Å²) in [5.41, 5.74) is 5.90. The molecule has 0 saturated heterocycles. The number of rotatable bonds is 5. The summed E-state index contributed by atoms with van der Waals surface area (Å²) in [5.74, 6) is -0.955. The molecule has 0 fully saturated rings. The number of fused-ring (bicyclic) bond motifs is 2. The zero-order chi connectivity index (χ0) is 26.1. The normalized spacial score (nSPS) is 11.8. The van der Waals surface area contributed by atoms with Crippen molar-refractivity contribution in [1.82, 2.24) is 4.68 Å². The monoisotopic (exact) mass is 500 g/mol. The Kier molecular flexibility index (Phi) is 6.14. The van der Waals surface area contributed by atoms with Crippen LogP contribution < -0.4 is 30.3 Å². The minimum atomic E-state index is -0.984. The average Bonchev–Trinajstić information content (AvgIpc) is 3.50. The van der Waals surface area contributed by atoms with E-state index in [-0.39, 0.29) is 12.5 Å². The number of benzene rings is 3. The lowest BCUT2D eigenvalue weighted by molar-refractivity contribution is -0.133. The SMILES string of the molecule is COc1cccc2cc(C(=O)Nc3c(C)cccc3C)n(NC(=O)C(=O)Nc3ccc4c(c3)OCO4)c12. The summed E-state index contributed by atoms with van der Waals surface area (Å²) in [6, 6.07) is 17.4. The zero-order valence-electron chi connectivity index (χ0n) is 20.4. The molecule has 188 valence electrons. The maximum absolute atomic E-state index is 13.4. The van der Waals surface area contributed by atoms with Gasteiger partial charge in [-0.2, -0.15) is 0 Å². The topological polar surface area (TPSA) is 120 Å². The summed E-state index contributed by atoms with van der Waals surface area (Å²) in [7, 11) is 1.48. The molecule has 0 saturated carbocycles. The highest BCUT2D eigenvalue weighted by atomic mass is 16.7. The fourth-order valence-corrected chi connectivity index (χ4v) is 4.18. The second-order valence-electron chi connectivity index (χ2n) is 8.45. The minimum absolute atomic E-state index is 0.0859. The molecule has 3 amide bonds. The van der Waals surface area contributed by atoms with Gasteiger partial charge in [-0.1, -0.05) is 30.3 Å². The van der Waals surface area contributed by atoms with Gasteiger partial charge in [0.05, 0.1) is 7.11 Å². The maximum atomic E-state index is 13.4. The number of anilines is 2. The molecule has 5 rings (SSSR count). The van der Waals surface area contributed by atoms with Gasteiger partial charge < -0.3 is 24.8 Å². The Labute approximate surface area is 212 Å². The number of nitrogens with one attached hydrogen (secondary N) is 3. The number of hydrogen-bond acceptors (Lipinski definition) is 6. The van der Waals surface area contributed by atoms with E-state index >= 15 is 0 Å². The Morgan fingerprint density at radius 2 is 1.59 bits per heavy atom. The Morgan fingerprint density at radius 1 is 0.865 bits per heavy atom. The number of carbonyl (C=O) groups excluding carboxylic acids is 3. The van der Waals surface area contributed by atoms with Gasteiger partial charge in [0, 0.05) is 22.8 Å². The summed E-state index contributed by atoms with van der Waals surface area (Å²) in [5, 5.41) is 6.10. The molecular formula is C27H24N4O6. The van der Waals surface area contributed by atoms with Gasteiger partial charge in [0.15, 0.2) is 11.5 Å². The van der Waals surface area contributed by atoms with E-state index in [4.69, 9.17) is 14.2 Å². The molecule has 10 heteroatoms. The van der Waals surface area contributed by atoms with Crippen molar-refractivity contribution in [3.8, 4) is 17.2 Å². The van der Waals surface area contributed by atoms with Crippen molar-refractivity contribution in [2.24, 2.45) is 0 Å². The molecule has 0 bridgehead atoms. The van der Waals surface area contributed by atoms with E-state index in [0.717, 1.165) is 11.1 Å². The summed E-state index contributed by atoms with van der Waals surface area (Å²) < 4.78 is 17.3. The molecule has 1 aliphatic heterocycles. The second-order valence-corrected chi connectivity index (χ2v) is 8.45. The van der Waals surface area contributed by atoms with Crippen LogP contribution in [0.5, 0.6) is 17.2 Å². The third-order valence-corrected chi connectivity index (χ3v) is 6.01. The highest BCUT2D eigenvalue weighted by molar-refractivity contribution is 6.42. The molecule has 1 aliphatic rings. The lowest BCUT2D eigenvalue weighted by Gasteiger charge is -2.15. The van der Waals surface area contributed by atoms with Crippen molar-refractivity contribution in [2.45, 2.75) is 13.8 Å². The van der Waals surface area contributed by atoms with E-state index in [1.54, 1.807) is 42.5 Å². The molecule has 0 radical (unpaired) electrons. The van der Waals surface area contributed by atoms with E-state index < -0.39 is 17.7 Å². The maximum Gasteiger partial charge on any atom is 0.328 e. The predicted molar refractivity (Wildman–Crippen MR) is 138 cm³/mol. The van der Waals surface area contributed by atoms with Crippen LogP contribution >= 0.6 is 0 Å². The second kappa shape index (κ2) is 9.57. The highest BCUT2D eigenvalue weighted by Crippen LogP contribution is 2.34. The Balaban J connectivity index is 1.46. The number of carbonyl (C=O) groups is 3. The first kappa shape index (κ1) is 23.7. The molecule has 0 unspecified atom stereocenters. The summed E-state index contributed by atoms with van der Waals surface area (Å²) >= 11 is 0. The lowest BCUT2D eigenvalue weighted by atomic mass is 10.1. The van der Waals surface area contributed by atoms with E-state index in [0.29, 0.717) is 39.5 Å². The van der Waals surface area contributed by atoms with Gasteiger partial charge in [0.1, 0.15) is 17.0 Å². The number of methoxy groups -OCH3 is 1.